The summed E-state index contributed by atoms with van der Waals surface area (Å²) >= 11 is 0. The Hall–Kier alpha value is -3.26. The van der Waals surface area contributed by atoms with E-state index < -0.39 is 5.69 Å². The van der Waals surface area contributed by atoms with Crippen LogP contribution >= 0.6 is 0 Å². The number of nitrogens with zero attached hydrogens (tertiary/aromatic N) is 3. The van der Waals surface area contributed by atoms with Crippen LogP contribution in [0.15, 0.2) is 57.1 Å². The summed E-state index contributed by atoms with van der Waals surface area (Å²) in [4.78, 5) is 47.2. The van der Waals surface area contributed by atoms with Crippen LogP contribution in [0.2, 0.25) is 0 Å². The molecule has 2 aliphatic rings. The number of pyridine rings is 2. The van der Waals surface area contributed by atoms with E-state index in [1.165, 1.54) is 6.07 Å². The van der Waals surface area contributed by atoms with Crippen LogP contribution in [-0.4, -0.2) is 37.5 Å². The Morgan fingerprint density at radius 1 is 1.03 bits per heavy atom. The smallest absolute Gasteiger partial charge is 0.312 e. The lowest BCUT2D eigenvalue weighted by molar-refractivity contribution is 0.113. The zero-order valence-electron chi connectivity index (χ0n) is 15.8. The Morgan fingerprint density at radius 3 is 2.72 bits per heavy atom. The topological polar surface area (TPSA) is 104 Å². The van der Waals surface area contributed by atoms with Crippen LogP contribution in [0.25, 0.3) is 11.1 Å². The highest BCUT2D eigenvalue weighted by Gasteiger charge is 2.35. The van der Waals surface area contributed by atoms with Crippen LogP contribution < -0.4 is 16.8 Å². The Balaban J connectivity index is 1.46. The van der Waals surface area contributed by atoms with Crippen molar-refractivity contribution >= 4 is 0 Å². The number of hydrogen-bond donors (Lipinski definition) is 2. The highest BCUT2D eigenvalue weighted by atomic mass is 16.2. The summed E-state index contributed by atoms with van der Waals surface area (Å²) in [7, 11) is 0. The summed E-state index contributed by atoms with van der Waals surface area (Å²) in [6, 6.07) is 9.07. The average Bonchev–Trinajstić information content (AvgIpc) is 2.68. The molecule has 2 atom stereocenters. The minimum absolute atomic E-state index is 0.0310. The normalized spacial score (nSPS) is 21.0. The molecule has 0 aromatic carbocycles. The Kier molecular flexibility index (Phi) is 4.28. The molecular formula is C21H21N5O3. The van der Waals surface area contributed by atoms with E-state index in [4.69, 9.17) is 0 Å². The monoisotopic (exact) mass is 391 g/mol. The van der Waals surface area contributed by atoms with E-state index in [2.05, 4.69) is 25.9 Å². The molecule has 1 fully saturated rings. The van der Waals surface area contributed by atoms with Crippen molar-refractivity contribution in [3.05, 3.63) is 85.3 Å². The maximum Gasteiger partial charge on any atom is 0.325 e. The van der Waals surface area contributed by atoms with Crippen molar-refractivity contribution in [2.75, 3.05) is 13.1 Å². The van der Waals surface area contributed by atoms with Gasteiger partial charge in [0.25, 0.3) is 11.1 Å². The molecule has 2 N–H and O–H groups in total. The van der Waals surface area contributed by atoms with Gasteiger partial charge in [-0.15, -0.1) is 0 Å². The van der Waals surface area contributed by atoms with Crippen LogP contribution in [-0.2, 0) is 13.1 Å². The van der Waals surface area contributed by atoms with Crippen LogP contribution in [0.4, 0.5) is 0 Å². The predicted octanol–water partition coefficient (Wildman–Crippen LogP) is 0.906. The number of fused-ring (bicyclic) bond motifs is 4. The number of likely N-dealkylation sites (tertiary alicyclic amines) is 1. The number of aromatic nitrogens is 4. The lowest BCUT2D eigenvalue weighted by atomic mass is 9.82. The molecule has 0 saturated carbocycles. The highest BCUT2D eigenvalue weighted by molar-refractivity contribution is 5.62. The largest absolute Gasteiger partial charge is 0.325 e. The van der Waals surface area contributed by atoms with Crippen molar-refractivity contribution in [2.24, 2.45) is 5.92 Å². The second kappa shape index (κ2) is 6.97. The summed E-state index contributed by atoms with van der Waals surface area (Å²) in [6.45, 7) is 2.82. The zero-order valence-corrected chi connectivity index (χ0v) is 15.8. The van der Waals surface area contributed by atoms with Gasteiger partial charge in [0.05, 0.1) is 0 Å². The molecule has 2 bridgehead atoms. The zero-order chi connectivity index (χ0) is 20.0. The van der Waals surface area contributed by atoms with Crippen LogP contribution in [0, 0.1) is 5.92 Å². The third-order valence-electron chi connectivity index (χ3n) is 5.84. The fraction of sp³-hybridized carbons (Fsp3) is 0.333. The van der Waals surface area contributed by atoms with Gasteiger partial charge in [-0.1, -0.05) is 6.07 Å². The summed E-state index contributed by atoms with van der Waals surface area (Å²) in [5.41, 5.74) is 2.65. The third kappa shape index (κ3) is 3.47. The summed E-state index contributed by atoms with van der Waals surface area (Å²) in [6.07, 6.45) is 4.53. The standard InChI is InChI=1S/C21H21N5O3/c27-19-7-17(23-21(29)24-19)12-25-9-13-4-16(11-25)18-5-15(6-20(28)26(18)10-13)14-2-1-3-22-8-14/h1-3,5-8,13,16H,4,9-12H2,(H2,23,24,27,29)/t13-,16+/m0/s1. The van der Waals surface area contributed by atoms with Gasteiger partial charge in [-0.2, -0.15) is 0 Å². The summed E-state index contributed by atoms with van der Waals surface area (Å²) < 4.78 is 1.91. The maximum absolute atomic E-state index is 12.8. The maximum atomic E-state index is 12.8. The Morgan fingerprint density at radius 2 is 1.93 bits per heavy atom. The van der Waals surface area contributed by atoms with E-state index in [-0.39, 0.29) is 17.0 Å². The van der Waals surface area contributed by atoms with Gasteiger partial charge < -0.3 is 9.55 Å². The fourth-order valence-corrected chi connectivity index (χ4v) is 4.73. The van der Waals surface area contributed by atoms with E-state index in [0.29, 0.717) is 24.7 Å². The van der Waals surface area contributed by atoms with Gasteiger partial charge >= 0.3 is 5.69 Å². The quantitative estimate of drug-likeness (QED) is 0.691. The molecule has 29 heavy (non-hydrogen) atoms. The molecule has 0 radical (unpaired) electrons. The van der Waals surface area contributed by atoms with Gasteiger partial charge in [-0.05, 0) is 30.0 Å². The minimum atomic E-state index is -0.484. The second-order valence-electron chi connectivity index (χ2n) is 7.97. The molecule has 1 saturated heterocycles. The SMILES string of the molecule is O=c1cc(CN2C[C@@H]3C[C@H](C2)c2cc(-c4cccnc4)cc(=O)n2C3)[nH]c(=O)[nH]1. The molecule has 8 heteroatoms. The van der Waals surface area contributed by atoms with E-state index in [0.717, 1.165) is 36.3 Å². The molecule has 0 unspecified atom stereocenters. The van der Waals surface area contributed by atoms with E-state index in [1.54, 1.807) is 18.5 Å². The number of rotatable bonds is 3. The van der Waals surface area contributed by atoms with Crippen molar-refractivity contribution in [1.29, 1.82) is 0 Å². The number of hydrogen-bond acceptors (Lipinski definition) is 5. The summed E-state index contributed by atoms with van der Waals surface area (Å²) in [5, 5.41) is 0. The molecule has 3 aromatic heterocycles. The molecule has 148 valence electrons. The van der Waals surface area contributed by atoms with Gasteiger partial charge in [-0.3, -0.25) is 24.5 Å². The van der Waals surface area contributed by atoms with Crippen molar-refractivity contribution in [3.63, 3.8) is 0 Å². The molecule has 5 rings (SSSR count). The van der Waals surface area contributed by atoms with Crippen molar-refractivity contribution in [1.82, 2.24) is 24.4 Å². The lowest BCUT2D eigenvalue weighted by Crippen LogP contribution is -2.47. The first kappa shape index (κ1) is 17.8. The highest BCUT2D eigenvalue weighted by Crippen LogP contribution is 2.36. The molecular weight excluding hydrogens is 370 g/mol. The fourth-order valence-electron chi connectivity index (χ4n) is 4.73. The van der Waals surface area contributed by atoms with Gasteiger partial charge in [0.1, 0.15) is 0 Å². The molecule has 0 amide bonds. The molecule has 3 aromatic rings. The van der Waals surface area contributed by atoms with Crippen LogP contribution in [0.1, 0.15) is 23.7 Å². The summed E-state index contributed by atoms with van der Waals surface area (Å²) in [5.74, 6) is 0.609. The van der Waals surface area contributed by atoms with E-state index in [9.17, 15) is 14.4 Å². The second-order valence-corrected chi connectivity index (χ2v) is 7.97. The third-order valence-corrected chi connectivity index (χ3v) is 5.84. The van der Waals surface area contributed by atoms with Crippen molar-refractivity contribution < 1.29 is 0 Å². The Labute approximate surface area is 165 Å². The first-order chi connectivity index (χ1) is 14.0. The van der Waals surface area contributed by atoms with Crippen LogP contribution in [0.5, 0.6) is 0 Å². The van der Waals surface area contributed by atoms with Gasteiger partial charge in [0, 0.05) is 73.6 Å². The predicted molar refractivity (Wildman–Crippen MR) is 108 cm³/mol. The van der Waals surface area contributed by atoms with Gasteiger partial charge in [0.2, 0.25) is 0 Å². The molecule has 2 aliphatic heterocycles. The van der Waals surface area contributed by atoms with E-state index >= 15 is 0 Å². The number of piperidine rings is 1. The van der Waals surface area contributed by atoms with Gasteiger partial charge in [0.15, 0.2) is 0 Å². The molecule has 5 heterocycles. The first-order valence-corrected chi connectivity index (χ1v) is 9.75. The number of H-pyrrole nitrogens is 2. The van der Waals surface area contributed by atoms with Crippen molar-refractivity contribution in [2.45, 2.75) is 25.4 Å². The van der Waals surface area contributed by atoms with Crippen molar-refractivity contribution in [3.8, 4) is 11.1 Å². The van der Waals surface area contributed by atoms with E-state index in [1.807, 2.05) is 16.7 Å². The lowest BCUT2D eigenvalue weighted by Gasteiger charge is -2.42. The average molecular weight is 391 g/mol. The minimum Gasteiger partial charge on any atom is -0.312 e. The first-order valence-electron chi connectivity index (χ1n) is 9.75. The van der Waals surface area contributed by atoms with Gasteiger partial charge in [-0.25, -0.2) is 4.79 Å². The Bertz CT molecular complexity index is 1200. The molecule has 8 nitrogen and oxygen atoms in total. The molecule has 0 aliphatic carbocycles. The number of nitrogens with one attached hydrogen (secondary N) is 2. The number of aromatic amines is 2. The van der Waals surface area contributed by atoms with Crippen LogP contribution in [0.3, 0.4) is 0 Å². The molecule has 0 spiro atoms.